The highest BCUT2D eigenvalue weighted by Gasteiger charge is 2.28. The van der Waals surface area contributed by atoms with E-state index in [1.54, 1.807) is 20.8 Å². The number of carboxylic acids is 1. The van der Waals surface area contributed by atoms with E-state index in [4.69, 9.17) is 5.11 Å². The Kier molecular flexibility index (Phi) is 3.06. The quantitative estimate of drug-likeness (QED) is 0.705. The molecule has 0 fully saturated rings. The highest BCUT2D eigenvalue weighted by atomic mass is 32.2. The molecule has 1 aromatic rings. The van der Waals surface area contributed by atoms with Crippen molar-refractivity contribution in [1.82, 2.24) is 14.9 Å². The topological polar surface area (TPSA) is 112 Å². The summed E-state index contributed by atoms with van der Waals surface area (Å²) in [6.07, 6.45) is 0.958. The second-order valence-electron chi connectivity index (χ2n) is 4.27. The van der Waals surface area contributed by atoms with Gasteiger partial charge in [0.2, 0.25) is 0 Å². The summed E-state index contributed by atoms with van der Waals surface area (Å²) in [6, 6.07) is 0. The van der Waals surface area contributed by atoms with Gasteiger partial charge in [0.1, 0.15) is 5.56 Å². The first-order valence-electron chi connectivity index (χ1n) is 4.44. The molecule has 7 nitrogen and oxygen atoms in total. The molecule has 0 bridgehead atoms. The minimum absolute atomic E-state index is 0.378. The highest BCUT2D eigenvalue weighted by Crippen LogP contribution is 2.14. The number of nitrogens with zero attached hydrogens (tertiary/aromatic N) is 1. The van der Waals surface area contributed by atoms with E-state index >= 15 is 0 Å². The Balaban J connectivity index is 3.18. The largest absolute Gasteiger partial charge is 0.478 e. The van der Waals surface area contributed by atoms with E-state index in [1.165, 1.54) is 0 Å². The predicted octanol–water partition coefficient (Wildman–Crippen LogP) is 0.185. The standard InChI is InChI=1S/C8H13N3O4S/c1-8(2,3)11-16(14,15)6-5(7(12)13)4-9-10-6/h4,11H,1-3H3,(H,9,10)(H,12,13). The number of aromatic nitrogens is 2. The zero-order valence-electron chi connectivity index (χ0n) is 9.10. The van der Waals surface area contributed by atoms with E-state index in [0.717, 1.165) is 6.20 Å². The number of aromatic carboxylic acids is 1. The number of aromatic amines is 1. The van der Waals surface area contributed by atoms with Crippen molar-refractivity contribution >= 4 is 16.0 Å². The van der Waals surface area contributed by atoms with Crippen LogP contribution in [0.3, 0.4) is 0 Å². The van der Waals surface area contributed by atoms with Crippen molar-refractivity contribution in [3.05, 3.63) is 11.8 Å². The zero-order chi connectivity index (χ0) is 12.6. The van der Waals surface area contributed by atoms with Crippen molar-refractivity contribution < 1.29 is 18.3 Å². The van der Waals surface area contributed by atoms with Gasteiger partial charge in [-0.1, -0.05) is 0 Å². The second-order valence-corrected chi connectivity index (χ2v) is 5.89. The third-order valence-electron chi connectivity index (χ3n) is 1.54. The van der Waals surface area contributed by atoms with E-state index in [9.17, 15) is 13.2 Å². The number of carbonyl (C=O) groups is 1. The lowest BCUT2D eigenvalue weighted by Gasteiger charge is -2.19. The molecule has 90 valence electrons. The van der Waals surface area contributed by atoms with Crippen LogP contribution in [0, 0.1) is 0 Å². The van der Waals surface area contributed by atoms with E-state index in [0.29, 0.717) is 0 Å². The fraction of sp³-hybridized carbons (Fsp3) is 0.500. The van der Waals surface area contributed by atoms with Crippen molar-refractivity contribution in [3.8, 4) is 0 Å². The Labute approximate surface area is 92.9 Å². The maximum Gasteiger partial charge on any atom is 0.340 e. The molecule has 0 saturated heterocycles. The van der Waals surface area contributed by atoms with Crippen molar-refractivity contribution in [1.29, 1.82) is 0 Å². The lowest BCUT2D eigenvalue weighted by molar-refractivity contribution is 0.0692. The summed E-state index contributed by atoms with van der Waals surface area (Å²) in [6.45, 7) is 4.96. The molecular formula is C8H13N3O4S. The molecule has 1 heterocycles. The van der Waals surface area contributed by atoms with Gasteiger partial charge in [-0.3, -0.25) is 5.10 Å². The van der Waals surface area contributed by atoms with Crippen molar-refractivity contribution in [2.75, 3.05) is 0 Å². The van der Waals surface area contributed by atoms with Crippen molar-refractivity contribution in [3.63, 3.8) is 0 Å². The summed E-state index contributed by atoms with van der Waals surface area (Å²) in [5, 5.41) is 13.9. The van der Waals surface area contributed by atoms with Crippen molar-refractivity contribution in [2.45, 2.75) is 31.3 Å². The summed E-state index contributed by atoms with van der Waals surface area (Å²) in [4.78, 5) is 10.7. The Bertz CT molecular complexity index is 498. The Morgan fingerprint density at radius 3 is 2.50 bits per heavy atom. The first-order valence-corrected chi connectivity index (χ1v) is 5.92. The Hall–Kier alpha value is -1.41. The third-order valence-corrected chi connectivity index (χ3v) is 3.27. The van der Waals surface area contributed by atoms with E-state index in [1.807, 2.05) is 0 Å². The maximum atomic E-state index is 11.8. The van der Waals surface area contributed by atoms with Crippen LogP contribution in [-0.4, -0.2) is 35.2 Å². The number of sulfonamides is 1. The van der Waals surface area contributed by atoms with Gasteiger partial charge >= 0.3 is 5.97 Å². The average Bonchev–Trinajstić information content (AvgIpc) is 2.45. The molecule has 0 atom stereocenters. The van der Waals surface area contributed by atoms with Gasteiger partial charge in [-0.2, -0.15) is 5.10 Å². The molecule has 0 aliphatic heterocycles. The van der Waals surface area contributed by atoms with Gasteiger partial charge in [0, 0.05) is 5.54 Å². The van der Waals surface area contributed by atoms with Crippen LogP contribution >= 0.6 is 0 Å². The molecule has 1 aromatic heterocycles. The Morgan fingerprint density at radius 2 is 2.06 bits per heavy atom. The molecule has 0 radical (unpaired) electrons. The van der Waals surface area contributed by atoms with Crippen LogP contribution in [0.1, 0.15) is 31.1 Å². The number of nitrogens with one attached hydrogen (secondary N) is 2. The zero-order valence-corrected chi connectivity index (χ0v) is 9.92. The monoisotopic (exact) mass is 247 g/mol. The molecule has 0 unspecified atom stereocenters. The summed E-state index contributed by atoms with van der Waals surface area (Å²) in [5.74, 6) is -1.34. The molecule has 0 aliphatic carbocycles. The lowest BCUT2D eigenvalue weighted by atomic mass is 10.1. The first-order chi connectivity index (χ1) is 7.13. The van der Waals surface area contributed by atoms with E-state index < -0.39 is 26.6 Å². The number of hydrogen-bond acceptors (Lipinski definition) is 4. The SMILES string of the molecule is CC(C)(C)NS(=O)(=O)c1[nH]ncc1C(=O)O. The normalized spacial score (nSPS) is 12.7. The minimum atomic E-state index is -3.90. The summed E-state index contributed by atoms with van der Waals surface area (Å²) < 4.78 is 25.9. The number of H-pyrrole nitrogens is 1. The average molecular weight is 247 g/mol. The van der Waals surface area contributed by atoms with Gasteiger partial charge in [0.15, 0.2) is 5.03 Å². The molecule has 1 rings (SSSR count). The fourth-order valence-corrected chi connectivity index (χ4v) is 2.60. The molecule has 16 heavy (non-hydrogen) atoms. The van der Waals surface area contributed by atoms with Crippen LogP contribution in [0.25, 0.3) is 0 Å². The smallest absolute Gasteiger partial charge is 0.340 e. The number of carboxylic acid groups (broad SMARTS) is 1. The van der Waals surface area contributed by atoms with E-state index in [2.05, 4.69) is 14.9 Å². The van der Waals surface area contributed by atoms with Gasteiger partial charge in [-0.25, -0.2) is 17.9 Å². The van der Waals surface area contributed by atoms with Crippen LogP contribution < -0.4 is 4.72 Å². The highest BCUT2D eigenvalue weighted by molar-refractivity contribution is 7.89. The molecule has 0 spiro atoms. The van der Waals surface area contributed by atoms with Gasteiger partial charge in [-0.15, -0.1) is 0 Å². The fourth-order valence-electron chi connectivity index (χ4n) is 1.09. The van der Waals surface area contributed by atoms with Crippen LogP contribution in [0.5, 0.6) is 0 Å². The molecule has 8 heteroatoms. The van der Waals surface area contributed by atoms with Gasteiger partial charge in [0.05, 0.1) is 6.20 Å². The van der Waals surface area contributed by atoms with Gasteiger partial charge < -0.3 is 5.11 Å². The summed E-state index contributed by atoms with van der Waals surface area (Å²) in [7, 11) is -3.90. The molecule has 0 aliphatic rings. The number of hydrogen-bond donors (Lipinski definition) is 3. The van der Waals surface area contributed by atoms with Crippen LogP contribution in [0.2, 0.25) is 0 Å². The van der Waals surface area contributed by atoms with Crippen LogP contribution in [-0.2, 0) is 10.0 Å². The third kappa shape index (κ3) is 2.80. The first kappa shape index (κ1) is 12.7. The summed E-state index contributed by atoms with van der Waals surface area (Å²) >= 11 is 0. The minimum Gasteiger partial charge on any atom is -0.478 e. The molecule has 0 aromatic carbocycles. The van der Waals surface area contributed by atoms with Crippen molar-refractivity contribution in [2.24, 2.45) is 0 Å². The number of rotatable bonds is 3. The maximum absolute atomic E-state index is 11.8. The second kappa shape index (κ2) is 3.87. The predicted molar refractivity (Wildman–Crippen MR) is 55.6 cm³/mol. The molecule has 0 amide bonds. The molecule has 3 N–H and O–H groups in total. The Morgan fingerprint density at radius 1 is 1.50 bits per heavy atom. The van der Waals surface area contributed by atoms with Crippen LogP contribution in [0.15, 0.2) is 11.2 Å². The van der Waals surface area contributed by atoms with Crippen LogP contribution in [0.4, 0.5) is 0 Å². The van der Waals surface area contributed by atoms with Gasteiger partial charge in [0.25, 0.3) is 10.0 Å². The molecule has 0 saturated carbocycles. The summed E-state index contributed by atoms with van der Waals surface area (Å²) in [5.41, 5.74) is -1.07. The van der Waals surface area contributed by atoms with Gasteiger partial charge in [-0.05, 0) is 20.8 Å². The lowest BCUT2D eigenvalue weighted by Crippen LogP contribution is -2.41. The van der Waals surface area contributed by atoms with E-state index in [-0.39, 0.29) is 5.56 Å². The molecular weight excluding hydrogens is 234 g/mol.